The van der Waals surface area contributed by atoms with Crippen molar-refractivity contribution in [2.24, 2.45) is 0 Å². The Bertz CT molecular complexity index is 971. The molecule has 0 radical (unpaired) electrons. The summed E-state index contributed by atoms with van der Waals surface area (Å²) in [6, 6.07) is 14.1. The van der Waals surface area contributed by atoms with Crippen molar-refractivity contribution in [1.29, 1.82) is 0 Å². The van der Waals surface area contributed by atoms with Crippen molar-refractivity contribution in [3.05, 3.63) is 48.5 Å². The topological polar surface area (TPSA) is 86.6 Å². The van der Waals surface area contributed by atoms with Crippen LogP contribution in [0, 0.1) is 0 Å². The van der Waals surface area contributed by atoms with Crippen LogP contribution in [0.25, 0.3) is 11.0 Å². The number of fused-ring (bicyclic) bond motifs is 1. The molecule has 0 saturated carbocycles. The molecule has 2 aromatic carbocycles. The van der Waals surface area contributed by atoms with Crippen molar-refractivity contribution in [1.82, 2.24) is 19.5 Å². The van der Waals surface area contributed by atoms with E-state index in [0.29, 0.717) is 30.7 Å². The molecule has 0 amide bonds. The maximum atomic E-state index is 12.3. The van der Waals surface area contributed by atoms with Gasteiger partial charge in [0.1, 0.15) is 23.4 Å². The lowest BCUT2D eigenvalue weighted by atomic mass is 10.3. The standard InChI is InChI=1S/C17H20N4O4S/c1-20(2)26(22,23)15-9-10-16-17(13-15)21(19-18-16)25-12-6-11-24-14-7-4-3-5-8-14/h3-5,7-10,13H,6,11-12H2,1-2H3. The van der Waals surface area contributed by atoms with E-state index in [1.807, 2.05) is 30.3 Å². The molecule has 3 aromatic rings. The van der Waals surface area contributed by atoms with Crippen molar-refractivity contribution >= 4 is 21.1 Å². The van der Waals surface area contributed by atoms with Crippen molar-refractivity contribution in [3.63, 3.8) is 0 Å². The molecule has 0 aliphatic carbocycles. The number of ether oxygens (including phenoxy) is 1. The number of rotatable bonds is 8. The summed E-state index contributed by atoms with van der Waals surface area (Å²) >= 11 is 0. The summed E-state index contributed by atoms with van der Waals surface area (Å²) in [6.45, 7) is 0.854. The smallest absolute Gasteiger partial charge is 0.242 e. The third-order valence-electron chi connectivity index (χ3n) is 3.68. The number of benzene rings is 2. The minimum Gasteiger partial charge on any atom is -0.493 e. The first kappa shape index (κ1) is 18.2. The second kappa shape index (κ2) is 7.71. The van der Waals surface area contributed by atoms with Crippen LogP contribution < -0.4 is 9.57 Å². The first-order valence-corrected chi connectivity index (χ1v) is 9.51. The van der Waals surface area contributed by atoms with Gasteiger partial charge in [-0.15, -0.1) is 5.10 Å². The van der Waals surface area contributed by atoms with Crippen molar-refractivity contribution < 1.29 is 18.0 Å². The van der Waals surface area contributed by atoms with E-state index in [1.54, 1.807) is 6.07 Å². The van der Waals surface area contributed by atoms with Gasteiger partial charge in [-0.05, 0) is 35.5 Å². The quantitative estimate of drug-likeness (QED) is 0.555. The van der Waals surface area contributed by atoms with E-state index >= 15 is 0 Å². The molecule has 0 bridgehead atoms. The Morgan fingerprint density at radius 3 is 2.58 bits per heavy atom. The molecular weight excluding hydrogens is 356 g/mol. The van der Waals surface area contributed by atoms with Crippen LogP contribution in [-0.4, -0.2) is 55.2 Å². The summed E-state index contributed by atoms with van der Waals surface area (Å²) in [5.41, 5.74) is 1.06. The Hall–Kier alpha value is -2.65. The molecular formula is C17H20N4O4S. The molecule has 0 fully saturated rings. The predicted molar refractivity (Wildman–Crippen MR) is 96.4 cm³/mol. The number of nitrogens with zero attached hydrogens (tertiary/aromatic N) is 4. The zero-order valence-corrected chi connectivity index (χ0v) is 15.4. The Labute approximate surface area is 151 Å². The van der Waals surface area contributed by atoms with Crippen molar-refractivity contribution in [2.45, 2.75) is 11.3 Å². The van der Waals surface area contributed by atoms with Crippen molar-refractivity contribution in [2.75, 3.05) is 27.3 Å². The van der Waals surface area contributed by atoms with Gasteiger partial charge in [0.2, 0.25) is 10.0 Å². The maximum absolute atomic E-state index is 12.3. The minimum atomic E-state index is -3.53. The Morgan fingerprint density at radius 2 is 1.85 bits per heavy atom. The van der Waals surface area contributed by atoms with E-state index < -0.39 is 10.0 Å². The maximum Gasteiger partial charge on any atom is 0.242 e. The third kappa shape index (κ3) is 3.94. The molecule has 0 atom stereocenters. The van der Waals surface area contributed by atoms with Gasteiger partial charge in [-0.2, -0.15) is 0 Å². The van der Waals surface area contributed by atoms with Crippen LogP contribution in [0.1, 0.15) is 6.42 Å². The third-order valence-corrected chi connectivity index (χ3v) is 5.49. The SMILES string of the molecule is CN(C)S(=O)(=O)c1ccc2nnn(OCCCOc3ccccc3)c2c1. The van der Waals surface area contributed by atoms with E-state index in [4.69, 9.17) is 9.57 Å². The number of hydrogen-bond acceptors (Lipinski definition) is 6. The van der Waals surface area contributed by atoms with Gasteiger partial charge in [-0.25, -0.2) is 12.7 Å². The van der Waals surface area contributed by atoms with E-state index in [0.717, 1.165) is 10.1 Å². The molecule has 0 saturated heterocycles. The average Bonchev–Trinajstić information content (AvgIpc) is 3.04. The zero-order valence-electron chi connectivity index (χ0n) is 14.6. The van der Waals surface area contributed by atoms with Gasteiger partial charge in [-0.1, -0.05) is 23.0 Å². The molecule has 8 nitrogen and oxygen atoms in total. The largest absolute Gasteiger partial charge is 0.493 e. The monoisotopic (exact) mass is 376 g/mol. The van der Waals surface area contributed by atoms with Gasteiger partial charge in [0.15, 0.2) is 0 Å². The molecule has 26 heavy (non-hydrogen) atoms. The molecule has 138 valence electrons. The number of aromatic nitrogens is 3. The fraction of sp³-hybridized carbons (Fsp3) is 0.294. The summed E-state index contributed by atoms with van der Waals surface area (Å²) in [6.07, 6.45) is 0.645. The normalized spacial score (nSPS) is 11.8. The molecule has 1 aromatic heterocycles. The molecule has 1 heterocycles. The van der Waals surface area contributed by atoms with E-state index in [1.165, 1.54) is 31.1 Å². The van der Waals surface area contributed by atoms with Crippen LogP contribution in [0.3, 0.4) is 0 Å². The van der Waals surface area contributed by atoms with Crippen LogP contribution in [0.5, 0.6) is 5.75 Å². The molecule has 0 aliphatic rings. The van der Waals surface area contributed by atoms with Gasteiger partial charge in [0.25, 0.3) is 0 Å². The van der Waals surface area contributed by atoms with Crippen LogP contribution in [0.4, 0.5) is 0 Å². The highest BCUT2D eigenvalue weighted by Gasteiger charge is 2.19. The Balaban J connectivity index is 1.63. The summed E-state index contributed by atoms with van der Waals surface area (Å²) in [5.74, 6) is 0.803. The van der Waals surface area contributed by atoms with Gasteiger partial charge in [-0.3, -0.25) is 0 Å². The summed E-state index contributed by atoms with van der Waals surface area (Å²) in [5, 5.41) is 7.90. The molecule has 9 heteroatoms. The zero-order chi connectivity index (χ0) is 18.6. The highest BCUT2D eigenvalue weighted by molar-refractivity contribution is 7.89. The van der Waals surface area contributed by atoms with Gasteiger partial charge in [0, 0.05) is 20.5 Å². The van der Waals surface area contributed by atoms with Crippen molar-refractivity contribution in [3.8, 4) is 5.75 Å². The van der Waals surface area contributed by atoms with Gasteiger partial charge in [0.05, 0.1) is 11.5 Å². The lowest BCUT2D eigenvalue weighted by Crippen LogP contribution is -2.22. The lowest BCUT2D eigenvalue weighted by molar-refractivity contribution is 0.0779. The van der Waals surface area contributed by atoms with E-state index in [2.05, 4.69) is 10.3 Å². The van der Waals surface area contributed by atoms with Crippen LogP contribution in [0.2, 0.25) is 0 Å². The summed E-state index contributed by atoms with van der Waals surface area (Å²) < 4.78 is 31.3. The van der Waals surface area contributed by atoms with Crippen LogP contribution >= 0.6 is 0 Å². The van der Waals surface area contributed by atoms with Gasteiger partial charge < -0.3 is 9.57 Å². The predicted octanol–water partition coefficient (Wildman–Crippen LogP) is 1.58. The minimum absolute atomic E-state index is 0.162. The first-order chi connectivity index (χ1) is 12.5. The molecule has 3 rings (SSSR count). The number of hydrogen-bond donors (Lipinski definition) is 0. The lowest BCUT2D eigenvalue weighted by Gasteiger charge is -2.11. The van der Waals surface area contributed by atoms with Gasteiger partial charge >= 0.3 is 0 Å². The average molecular weight is 376 g/mol. The van der Waals surface area contributed by atoms with E-state index in [-0.39, 0.29) is 4.90 Å². The fourth-order valence-electron chi connectivity index (χ4n) is 2.26. The Morgan fingerprint density at radius 1 is 1.08 bits per heavy atom. The highest BCUT2D eigenvalue weighted by atomic mass is 32.2. The summed E-state index contributed by atoms with van der Waals surface area (Å²) in [4.78, 5) is 6.98. The molecule has 0 aliphatic heterocycles. The molecule has 0 N–H and O–H groups in total. The second-order valence-corrected chi connectivity index (χ2v) is 7.90. The van der Waals surface area contributed by atoms with Crippen LogP contribution in [-0.2, 0) is 10.0 Å². The second-order valence-electron chi connectivity index (χ2n) is 5.75. The van der Waals surface area contributed by atoms with E-state index in [9.17, 15) is 8.42 Å². The number of sulfonamides is 1. The highest BCUT2D eigenvalue weighted by Crippen LogP contribution is 2.19. The molecule has 0 spiro atoms. The van der Waals surface area contributed by atoms with Crippen LogP contribution in [0.15, 0.2) is 53.4 Å². The molecule has 0 unspecified atom stereocenters. The summed E-state index contributed by atoms with van der Waals surface area (Å²) in [7, 11) is -0.565. The first-order valence-electron chi connectivity index (χ1n) is 8.07. The fourth-order valence-corrected chi connectivity index (χ4v) is 3.18. The number of para-hydroxylation sites is 1. The Kier molecular flexibility index (Phi) is 5.38.